The van der Waals surface area contributed by atoms with Gasteiger partial charge in [0.15, 0.2) is 0 Å². The van der Waals surface area contributed by atoms with E-state index in [9.17, 15) is 9.59 Å². The molecule has 7 heteroatoms. The molecule has 2 amide bonds. The molecule has 0 atom stereocenters. The normalized spacial score (nSPS) is 14.8. The summed E-state index contributed by atoms with van der Waals surface area (Å²) in [6.45, 7) is 1.42. The maximum absolute atomic E-state index is 11.8. The van der Waals surface area contributed by atoms with Gasteiger partial charge in [0.1, 0.15) is 5.75 Å². The highest BCUT2D eigenvalue weighted by Gasteiger charge is 2.45. The first kappa shape index (κ1) is 16.3. The summed E-state index contributed by atoms with van der Waals surface area (Å²) < 4.78 is 5.17. The molecule has 1 aromatic rings. The van der Waals surface area contributed by atoms with Crippen LogP contribution in [-0.2, 0) is 9.59 Å². The van der Waals surface area contributed by atoms with E-state index in [1.807, 2.05) is 0 Å². The van der Waals surface area contributed by atoms with Crippen LogP contribution in [0.1, 0.15) is 19.8 Å². The highest BCUT2D eigenvalue weighted by atomic mass is 35.5. The number of benzene rings is 1. The van der Waals surface area contributed by atoms with Crippen molar-refractivity contribution in [3.63, 3.8) is 0 Å². The molecule has 2 rings (SSSR count). The van der Waals surface area contributed by atoms with Gasteiger partial charge in [-0.05, 0) is 25.0 Å². The van der Waals surface area contributed by atoms with Gasteiger partial charge in [-0.15, -0.1) is 12.4 Å². The van der Waals surface area contributed by atoms with Crippen molar-refractivity contribution in [2.45, 2.75) is 25.3 Å². The summed E-state index contributed by atoms with van der Waals surface area (Å²) in [6, 6.07) is 5.01. The third kappa shape index (κ3) is 3.61. The highest BCUT2D eigenvalue weighted by Crippen LogP contribution is 2.34. The molecule has 1 fully saturated rings. The summed E-state index contributed by atoms with van der Waals surface area (Å²) in [4.78, 5) is 22.8. The van der Waals surface area contributed by atoms with Crippen molar-refractivity contribution in [2.75, 3.05) is 17.7 Å². The third-order valence-electron chi connectivity index (χ3n) is 3.01. The summed E-state index contributed by atoms with van der Waals surface area (Å²) in [5.74, 6) is 0.102. The molecule has 0 aliphatic heterocycles. The minimum atomic E-state index is -0.719. The molecule has 0 spiro atoms. The Hall–Kier alpha value is -1.79. The van der Waals surface area contributed by atoms with Gasteiger partial charge in [-0.2, -0.15) is 0 Å². The number of carbonyl (C=O) groups excluding carboxylic acids is 2. The van der Waals surface area contributed by atoms with Gasteiger partial charge in [0.2, 0.25) is 11.8 Å². The zero-order chi connectivity index (χ0) is 14.0. The van der Waals surface area contributed by atoms with Crippen LogP contribution in [0.3, 0.4) is 0 Å². The van der Waals surface area contributed by atoms with E-state index in [0.29, 0.717) is 30.0 Å². The van der Waals surface area contributed by atoms with E-state index in [1.54, 1.807) is 18.2 Å². The number of nitrogens with one attached hydrogen (secondary N) is 2. The summed E-state index contributed by atoms with van der Waals surface area (Å²) in [7, 11) is 1.50. The Balaban J connectivity index is 0.00000200. The molecule has 0 radical (unpaired) electrons. The fourth-order valence-corrected chi connectivity index (χ4v) is 1.68. The SMILES string of the molecule is COc1cc(NC(=O)C2(N)CC2)ccc1NC(C)=O.Cl. The lowest BCUT2D eigenvalue weighted by Crippen LogP contribution is -2.37. The third-order valence-corrected chi connectivity index (χ3v) is 3.01. The predicted molar refractivity (Wildman–Crippen MR) is 79.3 cm³/mol. The lowest BCUT2D eigenvalue weighted by molar-refractivity contribution is -0.118. The van der Waals surface area contributed by atoms with Crippen LogP contribution in [0.4, 0.5) is 11.4 Å². The predicted octanol–water partition coefficient (Wildman–Crippen LogP) is 1.51. The van der Waals surface area contributed by atoms with Crippen LogP contribution < -0.4 is 21.1 Å². The van der Waals surface area contributed by atoms with Gasteiger partial charge in [-0.1, -0.05) is 0 Å². The molecule has 0 aromatic heterocycles. The molecular weight excluding hydrogens is 282 g/mol. The van der Waals surface area contributed by atoms with Gasteiger partial charge < -0.3 is 21.1 Å². The molecule has 1 aliphatic rings. The zero-order valence-corrected chi connectivity index (χ0v) is 12.2. The molecule has 6 nitrogen and oxygen atoms in total. The van der Waals surface area contributed by atoms with E-state index >= 15 is 0 Å². The molecule has 0 saturated heterocycles. The average Bonchev–Trinajstić information content (AvgIpc) is 3.10. The summed E-state index contributed by atoms with van der Waals surface area (Å²) in [6.07, 6.45) is 1.42. The van der Waals surface area contributed by atoms with Crippen LogP contribution in [0.25, 0.3) is 0 Å². The van der Waals surface area contributed by atoms with Crippen molar-refractivity contribution in [2.24, 2.45) is 5.73 Å². The van der Waals surface area contributed by atoms with Crippen LogP contribution in [0.15, 0.2) is 18.2 Å². The summed E-state index contributed by atoms with van der Waals surface area (Å²) >= 11 is 0. The van der Waals surface area contributed by atoms with Gasteiger partial charge in [0.25, 0.3) is 0 Å². The Bertz CT molecular complexity index is 530. The van der Waals surface area contributed by atoms with Gasteiger partial charge in [0.05, 0.1) is 18.3 Å². The molecule has 1 aliphatic carbocycles. The maximum Gasteiger partial charge on any atom is 0.244 e. The van der Waals surface area contributed by atoms with E-state index in [1.165, 1.54) is 14.0 Å². The number of carbonyl (C=O) groups is 2. The molecule has 0 heterocycles. The van der Waals surface area contributed by atoms with Crippen molar-refractivity contribution >= 4 is 35.6 Å². The highest BCUT2D eigenvalue weighted by molar-refractivity contribution is 6.00. The second-order valence-electron chi connectivity index (χ2n) is 4.71. The number of methoxy groups -OCH3 is 1. The van der Waals surface area contributed by atoms with E-state index in [-0.39, 0.29) is 24.2 Å². The van der Waals surface area contributed by atoms with Crippen molar-refractivity contribution in [1.29, 1.82) is 0 Å². The zero-order valence-electron chi connectivity index (χ0n) is 11.4. The molecular formula is C13H18ClN3O3. The Morgan fingerprint density at radius 3 is 2.45 bits per heavy atom. The first-order chi connectivity index (χ1) is 8.94. The molecule has 1 saturated carbocycles. The molecule has 0 bridgehead atoms. The molecule has 1 aromatic carbocycles. The first-order valence-corrected chi connectivity index (χ1v) is 6.00. The van der Waals surface area contributed by atoms with Crippen molar-refractivity contribution in [3.05, 3.63) is 18.2 Å². The Morgan fingerprint density at radius 2 is 1.95 bits per heavy atom. The summed E-state index contributed by atoms with van der Waals surface area (Å²) in [5.41, 5.74) is 6.23. The average molecular weight is 300 g/mol. The van der Waals surface area contributed by atoms with E-state index < -0.39 is 5.54 Å². The maximum atomic E-state index is 11.8. The quantitative estimate of drug-likeness (QED) is 0.785. The number of anilines is 2. The van der Waals surface area contributed by atoms with Crippen LogP contribution in [-0.4, -0.2) is 24.5 Å². The standard InChI is InChI=1S/C13H17N3O3.ClH/c1-8(17)15-10-4-3-9(7-11(10)19-2)16-12(18)13(14)5-6-13;/h3-4,7H,5-6,14H2,1-2H3,(H,15,17)(H,16,18);1H. The largest absolute Gasteiger partial charge is 0.494 e. The second kappa shape index (κ2) is 6.11. The van der Waals surface area contributed by atoms with Crippen LogP contribution in [0.5, 0.6) is 5.75 Å². The number of hydrogen-bond donors (Lipinski definition) is 3. The number of hydrogen-bond acceptors (Lipinski definition) is 4. The lowest BCUT2D eigenvalue weighted by Gasteiger charge is -2.13. The fourth-order valence-electron chi connectivity index (χ4n) is 1.68. The molecule has 110 valence electrons. The van der Waals surface area contributed by atoms with Crippen LogP contribution >= 0.6 is 12.4 Å². The van der Waals surface area contributed by atoms with Gasteiger partial charge in [0, 0.05) is 18.7 Å². The van der Waals surface area contributed by atoms with Gasteiger partial charge in [-0.25, -0.2) is 0 Å². The number of halogens is 1. The fraction of sp³-hybridized carbons (Fsp3) is 0.385. The minimum absolute atomic E-state index is 0. The van der Waals surface area contributed by atoms with Gasteiger partial charge in [-0.3, -0.25) is 9.59 Å². The Labute approximate surface area is 123 Å². The Morgan fingerprint density at radius 1 is 1.30 bits per heavy atom. The monoisotopic (exact) mass is 299 g/mol. The Kier molecular flexibility index (Phi) is 4.97. The minimum Gasteiger partial charge on any atom is -0.494 e. The van der Waals surface area contributed by atoms with E-state index in [4.69, 9.17) is 10.5 Å². The van der Waals surface area contributed by atoms with Crippen molar-refractivity contribution in [3.8, 4) is 5.75 Å². The van der Waals surface area contributed by atoms with Crippen molar-refractivity contribution in [1.82, 2.24) is 0 Å². The topological polar surface area (TPSA) is 93.4 Å². The van der Waals surface area contributed by atoms with Crippen LogP contribution in [0, 0.1) is 0 Å². The number of rotatable bonds is 4. The first-order valence-electron chi connectivity index (χ1n) is 6.00. The van der Waals surface area contributed by atoms with E-state index in [2.05, 4.69) is 10.6 Å². The van der Waals surface area contributed by atoms with Crippen molar-refractivity contribution < 1.29 is 14.3 Å². The lowest BCUT2D eigenvalue weighted by atomic mass is 10.2. The number of ether oxygens (including phenoxy) is 1. The number of nitrogens with two attached hydrogens (primary N) is 1. The van der Waals surface area contributed by atoms with Crippen LogP contribution in [0.2, 0.25) is 0 Å². The van der Waals surface area contributed by atoms with E-state index in [0.717, 1.165) is 0 Å². The smallest absolute Gasteiger partial charge is 0.244 e. The molecule has 0 unspecified atom stereocenters. The second-order valence-corrected chi connectivity index (χ2v) is 4.71. The molecule has 4 N–H and O–H groups in total. The number of amides is 2. The van der Waals surface area contributed by atoms with Gasteiger partial charge >= 0.3 is 0 Å². The summed E-state index contributed by atoms with van der Waals surface area (Å²) in [5, 5.41) is 5.39. The molecule has 20 heavy (non-hydrogen) atoms.